The first kappa shape index (κ1) is 16.5. The normalized spacial score (nSPS) is 27.3. The summed E-state index contributed by atoms with van der Waals surface area (Å²) >= 11 is 0. The number of aliphatic carboxylic acids is 1. The van der Waals surface area contributed by atoms with Gasteiger partial charge in [-0.3, -0.25) is 4.79 Å². The molecule has 2 aliphatic heterocycles. The van der Waals surface area contributed by atoms with E-state index in [2.05, 4.69) is 0 Å². The quantitative estimate of drug-likeness (QED) is 0.903. The van der Waals surface area contributed by atoms with E-state index < -0.39 is 21.4 Å². The van der Waals surface area contributed by atoms with Crippen LogP contribution in [0.25, 0.3) is 10.8 Å². The molecule has 0 bridgehead atoms. The van der Waals surface area contributed by atoms with Crippen LogP contribution in [0.5, 0.6) is 0 Å². The molecule has 0 radical (unpaired) electrons. The third-order valence-electron chi connectivity index (χ3n) is 5.42. The maximum absolute atomic E-state index is 13.1. The van der Waals surface area contributed by atoms with Gasteiger partial charge in [-0.1, -0.05) is 30.3 Å². The molecule has 2 fully saturated rings. The Kier molecular flexibility index (Phi) is 3.82. The summed E-state index contributed by atoms with van der Waals surface area (Å²) in [6.45, 7) is 0.729. The second kappa shape index (κ2) is 5.79. The lowest BCUT2D eigenvalue weighted by Crippen LogP contribution is -2.46. The summed E-state index contributed by atoms with van der Waals surface area (Å²) in [5.74, 6) is -1.19. The molecule has 2 aromatic carbocycles. The molecule has 25 heavy (non-hydrogen) atoms. The minimum Gasteiger partial charge on any atom is -0.481 e. The Morgan fingerprint density at radius 3 is 2.68 bits per heavy atom. The first-order valence-electron chi connectivity index (χ1n) is 8.24. The summed E-state index contributed by atoms with van der Waals surface area (Å²) < 4.78 is 32.8. The zero-order chi connectivity index (χ0) is 17.7. The van der Waals surface area contributed by atoms with E-state index in [1.54, 1.807) is 18.2 Å². The highest BCUT2D eigenvalue weighted by Gasteiger charge is 2.56. The van der Waals surface area contributed by atoms with Crippen molar-refractivity contribution in [3.8, 4) is 0 Å². The summed E-state index contributed by atoms with van der Waals surface area (Å²) in [6.07, 6.45) is 0.566. The van der Waals surface area contributed by atoms with Crippen molar-refractivity contribution in [1.29, 1.82) is 0 Å². The fourth-order valence-corrected chi connectivity index (χ4v) is 5.49. The van der Waals surface area contributed by atoms with Gasteiger partial charge in [0.1, 0.15) is 5.41 Å². The van der Waals surface area contributed by atoms with E-state index in [-0.39, 0.29) is 30.5 Å². The minimum absolute atomic E-state index is 0.0395. The summed E-state index contributed by atoms with van der Waals surface area (Å²) in [4.78, 5) is 12.0. The zero-order valence-electron chi connectivity index (χ0n) is 13.6. The molecule has 4 rings (SSSR count). The van der Waals surface area contributed by atoms with Crippen LogP contribution in [0.4, 0.5) is 0 Å². The average molecular weight is 361 g/mol. The van der Waals surface area contributed by atoms with Crippen molar-refractivity contribution in [3.05, 3.63) is 42.5 Å². The van der Waals surface area contributed by atoms with Crippen LogP contribution in [0, 0.1) is 11.3 Å². The molecule has 132 valence electrons. The van der Waals surface area contributed by atoms with Crippen molar-refractivity contribution in [2.24, 2.45) is 11.3 Å². The lowest BCUT2D eigenvalue weighted by molar-refractivity contribution is -0.159. The molecule has 0 aliphatic carbocycles. The minimum atomic E-state index is -3.75. The number of fused-ring (bicyclic) bond motifs is 2. The van der Waals surface area contributed by atoms with E-state index in [1.165, 1.54) is 4.31 Å². The van der Waals surface area contributed by atoms with Gasteiger partial charge >= 0.3 is 5.97 Å². The summed E-state index contributed by atoms with van der Waals surface area (Å²) in [6, 6.07) is 12.6. The van der Waals surface area contributed by atoms with Crippen LogP contribution in [0.2, 0.25) is 0 Å². The number of rotatable bonds is 3. The van der Waals surface area contributed by atoms with E-state index in [4.69, 9.17) is 4.74 Å². The zero-order valence-corrected chi connectivity index (χ0v) is 14.4. The first-order valence-corrected chi connectivity index (χ1v) is 9.68. The van der Waals surface area contributed by atoms with Crippen molar-refractivity contribution in [2.75, 3.05) is 26.3 Å². The third-order valence-corrected chi connectivity index (χ3v) is 7.23. The van der Waals surface area contributed by atoms with Gasteiger partial charge in [-0.05, 0) is 35.2 Å². The number of ether oxygens (including phenoxy) is 1. The highest BCUT2D eigenvalue weighted by atomic mass is 32.2. The molecule has 0 aromatic heterocycles. The van der Waals surface area contributed by atoms with E-state index in [9.17, 15) is 18.3 Å². The van der Waals surface area contributed by atoms with Crippen molar-refractivity contribution >= 4 is 26.8 Å². The molecule has 7 heteroatoms. The first-order chi connectivity index (χ1) is 11.9. The predicted molar refractivity (Wildman–Crippen MR) is 91.7 cm³/mol. The van der Waals surface area contributed by atoms with E-state index >= 15 is 0 Å². The SMILES string of the molecule is O=C(O)[C@]12COCC[C@H]1CN(S(=O)(=O)c1ccc3ccccc3c1)C2. The summed E-state index contributed by atoms with van der Waals surface area (Å²) in [7, 11) is -3.75. The predicted octanol–water partition coefficient (Wildman–Crippen LogP) is 1.95. The van der Waals surface area contributed by atoms with Gasteiger partial charge in [0.15, 0.2) is 0 Å². The molecule has 1 N–H and O–H groups in total. The second-order valence-electron chi connectivity index (χ2n) is 6.81. The molecule has 0 spiro atoms. The monoisotopic (exact) mass is 361 g/mol. The molecule has 2 saturated heterocycles. The molecule has 2 atom stereocenters. The van der Waals surface area contributed by atoms with E-state index in [0.717, 1.165) is 10.8 Å². The number of carbonyl (C=O) groups is 1. The number of hydrogen-bond acceptors (Lipinski definition) is 4. The second-order valence-corrected chi connectivity index (χ2v) is 8.74. The highest BCUT2D eigenvalue weighted by molar-refractivity contribution is 7.89. The van der Waals surface area contributed by atoms with Crippen LogP contribution in [0.1, 0.15) is 6.42 Å². The number of benzene rings is 2. The molecule has 0 saturated carbocycles. The fourth-order valence-electron chi connectivity index (χ4n) is 3.90. The molecule has 2 aromatic rings. The Morgan fingerprint density at radius 2 is 1.96 bits per heavy atom. The van der Waals surface area contributed by atoms with Gasteiger partial charge in [0.05, 0.1) is 11.5 Å². The lowest BCUT2D eigenvalue weighted by Gasteiger charge is -2.34. The Hall–Kier alpha value is -1.96. The Bertz CT molecular complexity index is 941. The van der Waals surface area contributed by atoms with Crippen LogP contribution >= 0.6 is 0 Å². The third kappa shape index (κ3) is 2.54. The smallest absolute Gasteiger partial charge is 0.313 e. The average Bonchev–Trinajstić information content (AvgIpc) is 3.03. The van der Waals surface area contributed by atoms with Gasteiger partial charge in [-0.25, -0.2) is 8.42 Å². The van der Waals surface area contributed by atoms with E-state index in [0.29, 0.717) is 13.0 Å². The molecular weight excluding hydrogens is 342 g/mol. The van der Waals surface area contributed by atoms with Crippen molar-refractivity contribution in [1.82, 2.24) is 4.31 Å². The molecule has 0 amide bonds. The van der Waals surface area contributed by atoms with Crippen LogP contribution < -0.4 is 0 Å². The largest absolute Gasteiger partial charge is 0.481 e. The number of sulfonamides is 1. The number of nitrogens with zero attached hydrogens (tertiary/aromatic N) is 1. The topological polar surface area (TPSA) is 83.9 Å². The van der Waals surface area contributed by atoms with Crippen LogP contribution in [0.15, 0.2) is 47.4 Å². The van der Waals surface area contributed by atoms with Gasteiger partial charge < -0.3 is 9.84 Å². The van der Waals surface area contributed by atoms with Gasteiger partial charge in [0.2, 0.25) is 10.0 Å². The number of hydrogen-bond donors (Lipinski definition) is 1. The maximum Gasteiger partial charge on any atom is 0.313 e. The fraction of sp³-hybridized carbons (Fsp3) is 0.389. The highest BCUT2D eigenvalue weighted by Crippen LogP contribution is 2.43. The van der Waals surface area contributed by atoms with Crippen LogP contribution in [0.3, 0.4) is 0 Å². The molecule has 2 heterocycles. The van der Waals surface area contributed by atoms with E-state index in [1.807, 2.05) is 24.3 Å². The molecule has 2 aliphatic rings. The van der Waals surface area contributed by atoms with Gasteiger partial charge in [0.25, 0.3) is 0 Å². The summed E-state index contributed by atoms with van der Waals surface area (Å²) in [5.41, 5.74) is -1.14. The Morgan fingerprint density at radius 1 is 1.20 bits per heavy atom. The standard InChI is InChI=1S/C18H19NO5S/c20-17(21)18-11-19(10-15(18)7-8-24-12-18)25(22,23)16-6-5-13-3-1-2-4-14(13)9-16/h1-6,9,15H,7-8,10-12H2,(H,20,21)/t15-,18+/m0/s1. The van der Waals surface area contributed by atoms with Gasteiger partial charge in [-0.15, -0.1) is 0 Å². The number of carboxylic acids is 1. The Labute approximate surface area is 146 Å². The summed E-state index contributed by atoms with van der Waals surface area (Å²) in [5, 5.41) is 11.5. The maximum atomic E-state index is 13.1. The van der Waals surface area contributed by atoms with Crippen molar-refractivity contribution in [2.45, 2.75) is 11.3 Å². The van der Waals surface area contributed by atoms with Crippen molar-refractivity contribution < 1.29 is 23.1 Å². The van der Waals surface area contributed by atoms with Gasteiger partial charge in [0, 0.05) is 19.7 Å². The van der Waals surface area contributed by atoms with Crippen LogP contribution in [-0.4, -0.2) is 50.1 Å². The molecule has 6 nitrogen and oxygen atoms in total. The number of carboxylic acid groups (broad SMARTS) is 1. The van der Waals surface area contributed by atoms with Crippen molar-refractivity contribution in [3.63, 3.8) is 0 Å². The van der Waals surface area contributed by atoms with Gasteiger partial charge in [-0.2, -0.15) is 4.31 Å². The molecule has 0 unspecified atom stereocenters. The lowest BCUT2D eigenvalue weighted by atomic mass is 9.76. The van der Waals surface area contributed by atoms with Crippen LogP contribution in [-0.2, 0) is 19.6 Å². The Balaban J connectivity index is 1.71. The molecular formula is C18H19NO5S.